The van der Waals surface area contributed by atoms with Crippen molar-refractivity contribution in [1.82, 2.24) is 0 Å². The summed E-state index contributed by atoms with van der Waals surface area (Å²) >= 11 is 0. The highest BCUT2D eigenvalue weighted by atomic mass is 14.2. The van der Waals surface area contributed by atoms with E-state index in [1.54, 1.807) is 0 Å². The first-order valence-electron chi connectivity index (χ1n) is 6.64. The summed E-state index contributed by atoms with van der Waals surface area (Å²) in [5, 5.41) is 0. The number of unbranched alkanes of at least 4 members (excludes halogenated alkanes) is 2. The largest absolute Gasteiger partial charge is 0.0654 e. The fourth-order valence-corrected chi connectivity index (χ4v) is 2.32. The Bertz CT molecular complexity index is 107. The Morgan fingerprint density at radius 1 is 0.929 bits per heavy atom. The van der Waals surface area contributed by atoms with Crippen LogP contribution in [0.4, 0.5) is 0 Å². The molecule has 0 spiro atoms. The van der Waals surface area contributed by atoms with Gasteiger partial charge in [-0.2, -0.15) is 0 Å². The van der Waals surface area contributed by atoms with Gasteiger partial charge in [-0.1, -0.05) is 66.2 Å². The average molecular weight is 197 g/mol. The number of hydrogen-bond acceptors (Lipinski definition) is 0. The van der Waals surface area contributed by atoms with Crippen LogP contribution in [0, 0.1) is 11.8 Å². The summed E-state index contributed by atoms with van der Waals surface area (Å²) < 4.78 is 0. The van der Waals surface area contributed by atoms with Crippen LogP contribution >= 0.6 is 0 Å². The topological polar surface area (TPSA) is 0 Å². The second-order valence-electron chi connectivity index (χ2n) is 4.36. The van der Waals surface area contributed by atoms with E-state index in [0.717, 1.165) is 5.92 Å². The molecule has 0 aromatic heterocycles. The third-order valence-electron chi connectivity index (χ3n) is 3.26. The summed E-state index contributed by atoms with van der Waals surface area (Å²) in [6, 6.07) is 0. The van der Waals surface area contributed by atoms with Crippen molar-refractivity contribution in [2.45, 2.75) is 79.1 Å². The van der Waals surface area contributed by atoms with Crippen molar-refractivity contribution in [3.63, 3.8) is 0 Å². The molecule has 85 valence electrons. The second kappa shape index (κ2) is 9.55. The Balaban J connectivity index is 3.81. The molecule has 0 aliphatic carbocycles. The van der Waals surface area contributed by atoms with Crippen LogP contribution in [0.1, 0.15) is 79.1 Å². The Morgan fingerprint density at radius 2 is 1.64 bits per heavy atom. The van der Waals surface area contributed by atoms with Crippen LogP contribution < -0.4 is 0 Å². The van der Waals surface area contributed by atoms with Crippen LogP contribution in [0.5, 0.6) is 0 Å². The molecule has 0 nitrogen and oxygen atoms in total. The van der Waals surface area contributed by atoms with Crippen molar-refractivity contribution in [2.24, 2.45) is 5.92 Å². The van der Waals surface area contributed by atoms with E-state index in [1.165, 1.54) is 51.4 Å². The summed E-state index contributed by atoms with van der Waals surface area (Å²) in [5.74, 6) is 2.75. The Hall–Kier alpha value is 0. The molecule has 14 heavy (non-hydrogen) atoms. The van der Waals surface area contributed by atoms with Crippen molar-refractivity contribution in [2.75, 3.05) is 0 Å². The van der Waals surface area contributed by atoms with Crippen LogP contribution in [-0.2, 0) is 0 Å². The Kier molecular flexibility index (Phi) is 9.55. The van der Waals surface area contributed by atoms with Gasteiger partial charge in [0.2, 0.25) is 0 Å². The van der Waals surface area contributed by atoms with Crippen molar-refractivity contribution in [1.29, 1.82) is 0 Å². The molecule has 0 bridgehead atoms. The minimum Gasteiger partial charge on any atom is -0.0654 e. The first kappa shape index (κ1) is 14.0. The van der Waals surface area contributed by atoms with Crippen LogP contribution in [0.3, 0.4) is 0 Å². The van der Waals surface area contributed by atoms with Crippen molar-refractivity contribution in [3.05, 3.63) is 5.92 Å². The minimum absolute atomic E-state index is 0.918. The van der Waals surface area contributed by atoms with E-state index in [4.69, 9.17) is 0 Å². The van der Waals surface area contributed by atoms with Crippen LogP contribution in [0.25, 0.3) is 0 Å². The highest BCUT2D eigenvalue weighted by Gasteiger charge is 2.17. The predicted molar refractivity (Wildman–Crippen MR) is 66.4 cm³/mol. The third kappa shape index (κ3) is 5.67. The maximum absolute atomic E-state index is 2.34. The highest BCUT2D eigenvalue weighted by molar-refractivity contribution is 4.94. The van der Waals surface area contributed by atoms with Gasteiger partial charge >= 0.3 is 0 Å². The van der Waals surface area contributed by atoms with Crippen LogP contribution in [0.2, 0.25) is 0 Å². The van der Waals surface area contributed by atoms with E-state index in [-0.39, 0.29) is 0 Å². The SMILES string of the molecule is CCCCC[C](CC)C(CC)CCC. The molecule has 0 aliphatic heterocycles. The van der Waals surface area contributed by atoms with E-state index < -0.39 is 0 Å². The quantitative estimate of drug-likeness (QED) is 0.435. The fraction of sp³-hybridized carbons (Fsp3) is 0.929. The zero-order chi connectivity index (χ0) is 10.8. The zero-order valence-electron chi connectivity index (χ0n) is 10.7. The van der Waals surface area contributed by atoms with Crippen LogP contribution in [0.15, 0.2) is 0 Å². The van der Waals surface area contributed by atoms with E-state index in [1.807, 2.05) is 5.92 Å². The molecule has 0 aromatic carbocycles. The van der Waals surface area contributed by atoms with Crippen molar-refractivity contribution >= 4 is 0 Å². The molecule has 0 saturated heterocycles. The minimum atomic E-state index is 0.918. The van der Waals surface area contributed by atoms with E-state index in [0.29, 0.717) is 0 Å². The molecule has 1 atom stereocenters. The maximum atomic E-state index is 2.34. The molecule has 0 N–H and O–H groups in total. The maximum Gasteiger partial charge on any atom is -0.0213 e. The lowest BCUT2D eigenvalue weighted by Gasteiger charge is -2.24. The molecule has 0 heterocycles. The van der Waals surface area contributed by atoms with Gasteiger partial charge in [0.25, 0.3) is 0 Å². The summed E-state index contributed by atoms with van der Waals surface area (Å²) in [5.41, 5.74) is 0. The predicted octanol–water partition coefficient (Wildman–Crippen LogP) is 5.38. The molecule has 0 rings (SSSR count). The average Bonchev–Trinajstić information content (AvgIpc) is 2.22. The molecule has 0 amide bonds. The Morgan fingerprint density at radius 3 is 2.07 bits per heavy atom. The van der Waals surface area contributed by atoms with E-state index >= 15 is 0 Å². The third-order valence-corrected chi connectivity index (χ3v) is 3.26. The first-order valence-corrected chi connectivity index (χ1v) is 6.64. The van der Waals surface area contributed by atoms with Gasteiger partial charge in [-0.25, -0.2) is 0 Å². The smallest absolute Gasteiger partial charge is 0.0213 e. The number of hydrogen-bond donors (Lipinski definition) is 0. The molecule has 0 aromatic rings. The normalized spacial score (nSPS) is 13.5. The van der Waals surface area contributed by atoms with Crippen molar-refractivity contribution < 1.29 is 0 Å². The van der Waals surface area contributed by atoms with Gasteiger partial charge in [-0.3, -0.25) is 0 Å². The molecular formula is C14H29. The lowest BCUT2D eigenvalue weighted by molar-refractivity contribution is 0.428. The fourth-order valence-electron chi connectivity index (χ4n) is 2.32. The van der Waals surface area contributed by atoms with Crippen molar-refractivity contribution in [3.8, 4) is 0 Å². The molecular weight excluding hydrogens is 168 g/mol. The van der Waals surface area contributed by atoms with E-state index in [2.05, 4.69) is 27.7 Å². The summed E-state index contributed by atoms with van der Waals surface area (Å²) in [7, 11) is 0. The standard InChI is InChI=1S/C14H29/c1-5-9-10-12-14(8-4)13(7-3)11-6-2/h13H,5-12H2,1-4H3. The molecule has 0 saturated carbocycles. The van der Waals surface area contributed by atoms with Gasteiger partial charge in [0, 0.05) is 0 Å². The summed E-state index contributed by atoms with van der Waals surface area (Å²) in [4.78, 5) is 0. The lowest BCUT2D eigenvalue weighted by atomic mass is 9.81. The first-order chi connectivity index (χ1) is 6.79. The monoisotopic (exact) mass is 197 g/mol. The molecule has 1 unspecified atom stereocenters. The molecule has 1 radical (unpaired) electrons. The molecule has 0 aliphatic rings. The van der Waals surface area contributed by atoms with Gasteiger partial charge in [0.05, 0.1) is 0 Å². The van der Waals surface area contributed by atoms with Gasteiger partial charge in [0.1, 0.15) is 0 Å². The number of rotatable bonds is 9. The van der Waals surface area contributed by atoms with Gasteiger partial charge < -0.3 is 0 Å². The summed E-state index contributed by atoms with van der Waals surface area (Å²) in [6.07, 6.45) is 11.0. The van der Waals surface area contributed by atoms with Gasteiger partial charge in [0.15, 0.2) is 0 Å². The zero-order valence-corrected chi connectivity index (χ0v) is 10.7. The summed E-state index contributed by atoms with van der Waals surface area (Å²) in [6.45, 7) is 9.27. The Labute approximate surface area is 91.5 Å². The highest BCUT2D eigenvalue weighted by Crippen LogP contribution is 2.30. The van der Waals surface area contributed by atoms with Gasteiger partial charge in [-0.15, -0.1) is 0 Å². The second-order valence-corrected chi connectivity index (χ2v) is 4.36. The molecule has 0 fully saturated rings. The van der Waals surface area contributed by atoms with E-state index in [9.17, 15) is 0 Å². The lowest BCUT2D eigenvalue weighted by Crippen LogP contribution is -2.11. The molecule has 0 heteroatoms. The van der Waals surface area contributed by atoms with Crippen LogP contribution in [-0.4, -0.2) is 0 Å². The van der Waals surface area contributed by atoms with Gasteiger partial charge in [-0.05, 0) is 24.7 Å².